The van der Waals surface area contributed by atoms with Gasteiger partial charge in [-0.05, 0) is 25.7 Å². The zero-order chi connectivity index (χ0) is 13.1. The van der Waals surface area contributed by atoms with Crippen LogP contribution >= 0.6 is 0 Å². The van der Waals surface area contributed by atoms with E-state index in [-0.39, 0.29) is 12.3 Å². The first-order chi connectivity index (χ1) is 8.07. The Hall–Kier alpha value is -0.830. The summed E-state index contributed by atoms with van der Waals surface area (Å²) >= 11 is 0. The van der Waals surface area contributed by atoms with E-state index in [2.05, 4.69) is 6.92 Å². The Morgan fingerprint density at radius 3 is 2.59 bits per heavy atom. The Bertz CT molecular complexity index is 224. The summed E-state index contributed by atoms with van der Waals surface area (Å²) in [4.78, 5) is 10.3. The second-order valence-corrected chi connectivity index (χ2v) is 4.61. The third kappa shape index (κ3) is 10.1. The second kappa shape index (κ2) is 10.3. The van der Waals surface area contributed by atoms with Gasteiger partial charge in [-0.3, -0.25) is 4.79 Å². The number of allylic oxidation sites excluding steroid dienone is 1. The molecule has 0 amide bonds. The molecule has 1 N–H and O–H groups in total. The summed E-state index contributed by atoms with van der Waals surface area (Å²) in [6, 6.07) is 0. The molecule has 0 aliphatic rings. The molecule has 0 heterocycles. The molecule has 0 aromatic heterocycles. The largest absolute Gasteiger partial charge is 0.481 e. The van der Waals surface area contributed by atoms with Gasteiger partial charge in [-0.15, -0.1) is 0 Å². The lowest BCUT2D eigenvalue weighted by Gasteiger charge is -2.12. The third-order valence-electron chi connectivity index (χ3n) is 2.88. The van der Waals surface area contributed by atoms with Crippen molar-refractivity contribution in [2.45, 2.75) is 64.9 Å². The van der Waals surface area contributed by atoms with Crippen LogP contribution in [0.25, 0.3) is 0 Å². The molecule has 0 rings (SSSR count). The number of hydrogen-bond donors (Lipinski definition) is 1. The molecule has 0 spiro atoms. The molecule has 0 fully saturated rings. The predicted octanol–water partition coefficient (Wildman–Crippen LogP) is 3.81. The van der Waals surface area contributed by atoms with Crippen molar-refractivity contribution in [3.63, 3.8) is 0 Å². The molecule has 1 radical (unpaired) electrons. The van der Waals surface area contributed by atoms with E-state index < -0.39 is 12.1 Å². The van der Waals surface area contributed by atoms with E-state index in [4.69, 9.17) is 5.11 Å². The molecule has 2 atom stereocenters. The first-order valence-corrected chi connectivity index (χ1v) is 6.62. The molecule has 3 heteroatoms. The van der Waals surface area contributed by atoms with Gasteiger partial charge >= 0.3 is 5.97 Å². The van der Waals surface area contributed by atoms with Gasteiger partial charge in [0.05, 0.1) is 6.10 Å². The van der Waals surface area contributed by atoms with Crippen molar-refractivity contribution < 1.29 is 15.0 Å². The van der Waals surface area contributed by atoms with Crippen LogP contribution in [0, 0.1) is 5.92 Å². The van der Waals surface area contributed by atoms with Crippen LogP contribution < -0.4 is 0 Å². The first-order valence-electron chi connectivity index (χ1n) is 6.62. The van der Waals surface area contributed by atoms with Gasteiger partial charge in [0.25, 0.3) is 0 Å². The number of hydrogen-bond acceptors (Lipinski definition) is 1. The smallest absolute Gasteiger partial charge is 0.303 e. The molecule has 0 bridgehead atoms. The minimum atomic E-state index is -0.735. The van der Waals surface area contributed by atoms with Gasteiger partial charge in [0, 0.05) is 12.3 Å². The number of carboxylic acids is 1. The lowest BCUT2D eigenvalue weighted by atomic mass is 9.99. The van der Waals surface area contributed by atoms with E-state index in [1.54, 1.807) is 0 Å². The highest BCUT2D eigenvalue weighted by Gasteiger charge is 2.11. The Morgan fingerprint density at radius 1 is 1.29 bits per heavy atom. The Balaban J connectivity index is 3.58. The minimum absolute atomic E-state index is 0.0843. The molecule has 0 aromatic rings. The van der Waals surface area contributed by atoms with Crippen molar-refractivity contribution in [2.75, 3.05) is 0 Å². The maximum Gasteiger partial charge on any atom is 0.303 e. The number of carbonyl (C=O) groups is 1. The van der Waals surface area contributed by atoms with E-state index in [0.29, 0.717) is 6.42 Å². The standard InChI is InChI=1S/C14H25O3/c1-3-4-10-13(15)12(2)9-7-5-6-8-11-14(16)17/h7,9,12-13H,3-6,8,10-11H2,1-2H3,(H,16,17)/t12-,13+/m0/s1. The summed E-state index contributed by atoms with van der Waals surface area (Å²) in [7, 11) is 0. The fraction of sp³-hybridized carbons (Fsp3) is 0.786. The lowest BCUT2D eigenvalue weighted by molar-refractivity contribution is -0.137. The van der Waals surface area contributed by atoms with Gasteiger partial charge < -0.3 is 5.11 Å². The second-order valence-electron chi connectivity index (χ2n) is 4.61. The Kier molecular flexibility index (Phi) is 9.83. The Morgan fingerprint density at radius 2 is 2.00 bits per heavy atom. The van der Waals surface area contributed by atoms with Crippen LogP contribution in [0.1, 0.15) is 58.8 Å². The van der Waals surface area contributed by atoms with Gasteiger partial charge in [0.15, 0.2) is 0 Å². The van der Waals surface area contributed by atoms with Gasteiger partial charge in [0.2, 0.25) is 0 Å². The fourth-order valence-electron chi connectivity index (χ4n) is 1.64. The van der Waals surface area contributed by atoms with Crippen LogP contribution in [0.3, 0.4) is 0 Å². The summed E-state index contributed by atoms with van der Waals surface area (Å²) < 4.78 is 0. The molecule has 17 heavy (non-hydrogen) atoms. The molecular formula is C14H25O3. The van der Waals surface area contributed by atoms with Crippen molar-refractivity contribution in [2.24, 2.45) is 5.92 Å². The summed E-state index contributed by atoms with van der Waals surface area (Å²) in [5.41, 5.74) is 0. The monoisotopic (exact) mass is 241 g/mol. The summed E-state index contributed by atoms with van der Waals surface area (Å²) in [5.74, 6) is -0.650. The summed E-state index contributed by atoms with van der Waals surface area (Å²) in [6.45, 7) is 4.05. The molecule has 0 saturated heterocycles. The average molecular weight is 241 g/mol. The van der Waals surface area contributed by atoms with E-state index in [1.165, 1.54) is 0 Å². The maximum atomic E-state index is 11.7. The molecular weight excluding hydrogens is 216 g/mol. The zero-order valence-corrected chi connectivity index (χ0v) is 11.0. The number of unbranched alkanes of at least 4 members (excludes halogenated alkanes) is 3. The van der Waals surface area contributed by atoms with Gasteiger partial charge in [-0.2, -0.15) is 0 Å². The molecule has 0 unspecified atom stereocenters. The summed E-state index contributed by atoms with van der Waals surface area (Å²) in [5, 5.41) is 20.1. The van der Waals surface area contributed by atoms with Gasteiger partial charge in [-0.1, -0.05) is 38.8 Å². The van der Waals surface area contributed by atoms with Gasteiger partial charge in [-0.25, -0.2) is 5.11 Å². The molecule has 0 aliphatic carbocycles. The number of rotatable bonds is 10. The SMILES string of the molecule is CCCC[C@@H]([O])[C@@H](C)C=CCCCCC(=O)O. The predicted molar refractivity (Wildman–Crippen MR) is 68.4 cm³/mol. The number of carboxylic acid groups (broad SMARTS) is 1. The van der Waals surface area contributed by atoms with Crippen molar-refractivity contribution in [1.82, 2.24) is 0 Å². The topological polar surface area (TPSA) is 57.2 Å². The van der Waals surface area contributed by atoms with Crippen LogP contribution in [0.15, 0.2) is 12.2 Å². The van der Waals surface area contributed by atoms with Crippen LogP contribution in [0.4, 0.5) is 0 Å². The number of aliphatic carboxylic acids is 1. The van der Waals surface area contributed by atoms with E-state index >= 15 is 0 Å². The van der Waals surface area contributed by atoms with Crippen LogP contribution in [0.5, 0.6) is 0 Å². The third-order valence-corrected chi connectivity index (χ3v) is 2.88. The highest BCUT2D eigenvalue weighted by molar-refractivity contribution is 5.66. The molecule has 0 aromatic carbocycles. The lowest BCUT2D eigenvalue weighted by Crippen LogP contribution is -2.13. The van der Waals surface area contributed by atoms with Crippen LogP contribution in [0.2, 0.25) is 0 Å². The van der Waals surface area contributed by atoms with Crippen LogP contribution in [-0.2, 0) is 9.90 Å². The van der Waals surface area contributed by atoms with E-state index in [1.807, 2.05) is 19.1 Å². The Labute approximate surface area is 105 Å². The van der Waals surface area contributed by atoms with Crippen LogP contribution in [-0.4, -0.2) is 17.2 Å². The van der Waals surface area contributed by atoms with Crippen molar-refractivity contribution in [3.05, 3.63) is 12.2 Å². The highest BCUT2D eigenvalue weighted by Crippen LogP contribution is 2.13. The van der Waals surface area contributed by atoms with E-state index in [0.717, 1.165) is 32.1 Å². The average Bonchev–Trinajstić information content (AvgIpc) is 2.29. The van der Waals surface area contributed by atoms with E-state index in [9.17, 15) is 9.90 Å². The zero-order valence-electron chi connectivity index (χ0n) is 11.0. The quantitative estimate of drug-likeness (QED) is 0.467. The van der Waals surface area contributed by atoms with Crippen molar-refractivity contribution >= 4 is 5.97 Å². The molecule has 3 nitrogen and oxygen atoms in total. The normalized spacial score (nSPS) is 15.0. The van der Waals surface area contributed by atoms with Crippen molar-refractivity contribution in [3.8, 4) is 0 Å². The fourth-order valence-corrected chi connectivity index (χ4v) is 1.64. The van der Waals surface area contributed by atoms with Gasteiger partial charge in [0.1, 0.15) is 0 Å². The highest BCUT2D eigenvalue weighted by atomic mass is 16.4. The van der Waals surface area contributed by atoms with Crippen molar-refractivity contribution in [1.29, 1.82) is 0 Å². The molecule has 0 saturated carbocycles. The minimum Gasteiger partial charge on any atom is -0.481 e. The first kappa shape index (κ1) is 16.2. The molecule has 99 valence electrons. The molecule has 0 aliphatic heterocycles. The maximum absolute atomic E-state index is 11.7. The summed E-state index contributed by atoms with van der Waals surface area (Å²) in [6.07, 6.45) is 9.04.